The van der Waals surface area contributed by atoms with Crippen LogP contribution in [0.5, 0.6) is 5.75 Å². The molecule has 0 saturated carbocycles. The largest absolute Gasteiger partial charge is 0.488 e. The molecule has 0 aliphatic carbocycles. The first-order valence-corrected chi connectivity index (χ1v) is 9.58. The summed E-state index contributed by atoms with van der Waals surface area (Å²) >= 11 is 0. The topological polar surface area (TPSA) is 50.8 Å². The predicted octanol–water partition coefficient (Wildman–Crippen LogP) is 4.06. The summed E-state index contributed by atoms with van der Waals surface area (Å²) in [5, 5.41) is 3.00. The Hall–Kier alpha value is -2.53. The standard InChI is InChI=1S/C22H26N2O3/c1-15-11-16(2)21-13-24(9-7-17(21)12-15)22(25)23-18-3-5-19(6-4-18)27-20-8-10-26-14-20/h3-6,11-12,20H,7-10,13-14H2,1-2H3,(H,23,25). The molecule has 2 amide bonds. The lowest BCUT2D eigenvalue weighted by atomic mass is 9.93. The lowest BCUT2D eigenvalue weighted by Crippen LogP contribution is -2.39. The zero-order valence-corrected chi connectivity index (χ0v) is 16.0. The fourth-order valence-corrected chi connectivity index (χ4v) is 3.85. The van der Waals surface area contributed by atoms with E-state index in [-0.39, 0.29) is 12.1 Å². The van der Waals surface area contributed by atoms with Crippen molar-refractivity contribution in [1.82, 2.24) is 4.90 Å². The summed E-state index contributed by atoms with van der Waals surface area (Å²) in [4.78, 5) is 14.6. The van der Waals surface area contributed by atoms with E-state index >= 15 is 0 Å². The van der Waals surface area contributed by atoms with E-state index in [1.54, 1.807) is 0 Å². The number of hydrogen-bond acceptors (Lipinski definition) is 3. The van der Waals surface area contributed by atoms with Crippen molar-refractivity contribution >= 4 is 11.7 Å². The summed E-state index contributed by atoms with van der Waals surface area (Å²) in [6.07, 6.45) is 1.96. The van der Waals surface area contributed by atoms with Crippen molar-refractivity contribution in [2.24, 2.45) is 0 Å². The van der Waals surface area contributed by atoms with Crippen LogP contribution in [0.2, 0.25) is 0 Å². The molecule has 2 aromatic carbocycles. The molecule has 2 aliphatic heterocycles. The average molecular weight is 366 g/mol. The number of aryl methyl sites for hydroxylation is 2. The number of carbonyl (C=O) groups is 1. The SMILES string of the molecule is Cc1cc(C)c2c(c1)CCN(C(=O)Nc1ccc(OC3CCOC3)cc1)C2. The number of rotatable bonds is 3. The van der Waals surface area contributed by atoms with Gasteiger partial charge in [-0.2, -0.15) is 0 Å². The maximum Gasteiger partial charge on any atom is 0.322 e. The number of anilines is 1. The quantitative estimate of drug-likeness (QED) is 0.891. The third-order valence-electron chi connectivity index (χ3n) is 5.29. The second kappa shape index (κ2) is 7.61. The monoisotopic (exact) mass is 366 g/mol. The molecule has 1 saturated heterocycles. The highest BCUT2D eigenvalue weighted by Crippen LogP contribution is 2.25. The molecule has 0 radical (unpaired) electrons. The number of urea groups is 1. The Morgan fingerprint density at radius 3 is 2.78 bits per heavy atom. The lowest BCUT2D eigenvalue weighted by molar-refractivity contribution is 0.141. The van der Waals surface area contributed by atoms with Crippen LogP contribution in [0.15, 0.2) is 36.4 Å². The van der Waals surface area contributed by atoms with E-state index < -0.39 is 0 Å². The molecule has 2 heterocycles. The molecule has 2 aromatic rings. The van der Waals surface area contributed by atoms with Gasteiger partial charge in [-0.05, 0) is 61.2 Å². The summed E-state index contributed by atoms with van der Waals surface area (Å²) in [6, 6.07) is 11.9. The molecule has 0 spiro atoms. The number of amides is 2. The van der Waals surface area contributed by atoms with Gasteiger partial charge in [0.2, 0.25) is 0 Å². The van der Waals surface area contributed by atoms with Gasteiger partial charge < -0.3 is 19.7 Å². The van der Waals surface area contributed by atoms with E-state index in [1.165, 1.54) is 22.3 Å². The van der Waals surface area contributed by atoms with E-state index in [4.69, 9.17) is 9.47 Å². The van der Waals surface area contributed by atoms with Gasteiger partial charge in [-0.25, -0.2) is 4.79 Å². The van der Waals surface area contributed by atoms with Crippen LogP contribution in [0, 0.1) is 13.8 Å². The van der Waals surface area contributed by atoms with E-state index in [1.807, 2.05) is 29.2 Å². The van der Waals surface area contributed by atoms with Gasteiger partial charge in [-0.15, -0.1) is 0 Å². The molecule has 5 nitrogen and oxygen atoms in total. The molecule has 27 heavy (non-hydrogen) atoms. The summed E-state index contributed by atoms with van der Waals surface area (Å²) in [5.41, 5.74) is 5.98. The van der Waals surface area contributed by atoms with Crippen molar-refractivity contribution in [3.63, 3.8) is 0 Å². The molecule has 1 N–H and O–H groups in total. The maximum absolute atomic E-state index is 12.7. The minimum absolute atomic E-state index is 0.0570. The number of benzene rings is 2. The summed E-state index contributed by atoms with van der Waals surface area (Å²) in [6.45, 7) is 7.06. The van der Waals surface area contributed by atoms with Crippen molar-refractivity contribution in [3.8, 4) is 5.75 Å². The molecular weight excluding hydrogens is 340 g/mol. The molecule has 4 rings (SSSR count). The van der Waals surface area contributed by atoms with Crippen LogP contribution in [-0.4, -0.2) is 36.8 Å². The van der Waals surface area contributed by atoms with Crippen LogP contribution in [0.1, 0.15) is 28.7 Å². The second-order valence-corrected chi connectivity index (χ2v) is 7.45. The Morgan fingerprint density at radius 2 is 2.04 bits per heavy atom. The normalized spacial score (nSPS) is 18.9. The smallest absolute Gasteiger partial charge is 0.322 e. The van der Waals surface area contributed by atoms with E-state index in [0.717, 1.165) is 37.4 Å². The zero-order chi connectivity index (χ0) is 18.8. The Labute approximate surface area is 160 Å². The highest BCUT2D eigenvalue weighted by atomic mass is 16.5. The van der Waals surface area contributed by atoms with Gasteiger partial charge in [0.15, 0.2) is 0 Å². The third kappa shape index (κ3) is 4.08. The zero-order valence-electron chi connectivity index (χ0n) is 16.0. The molecule has 0 bridgehead atoms. The van der Waals surface area contributed by atoms with Gasteiger partial charge in [0.05, 0.1) is 13.2 Å². The van der Waals surface area contributed by atoms with Gasteiger partial charge >= 0.3 is 6.03 Å². The number of nitrogens with zero attached hydrogens (tertiary/aromatic N) is 1. The van der Waals surface area contributed by atoms with Crippen molar-refractivity contribution < 1.29 is 14.3 Å². The first kappa shape index (κ1) is 17.9. The van der Waals surface area contributed by atoms with Crippen molar-refractivity contribution in [2.75, 3.05) is 25.1 Å². The second-order valence-electron chi connectivity index (χ2n) is 7.45. The van der Waals surface area contributed by atoms with Crippen molar-refractivity contribution in [3.05, 3.63) is 58.7 Å². The van der Waals surface area contributed by atoms with E-state index in [9.17, 15) is 4.79 Å². The average Bonchev–Trinajstić information content (AvgIpc) is 3.16. The number of hydrogen-bond donors (Lipinski definition) is 1. The number of fused-ring (bicyclic) bond motifs is 1. The molecule has 2 aliphatic rings. The molecule has 0 aromatic heterocycles. The van der Waals surface area contributed by atoms with Crippen LogP contribution in [-0.2, 0) is 17.7 Å². The number of nitrogens with one attached hydrogen (secondary N) is 1. The van der Waals surface area contributed by atoms with Gasteiger partial charge in [-0.1, -0.05) is 17.7 Å². The van der Waals surface area contributed by atoms with E-state index in [2.05, 4.69) is 31.3 Å². The Kier molecular flexibility index (Phi) is 5.03. The van der Waals surface area contributed by atoms with Crippen LogP contribution in [0.25, 0.3) is 0 Å². The lowest BCUT2D eigenvalue weighted by Gasteiger charge is -2.30. The minimum atomic E-state index is -0.0570. The third-order valence-corrected chi connectivity index (χ3v) is 5.29. The van der Waals surface area contributed by atoms with E-state index in [0.29, 0.717) is 13.2 Å². The molecule has 5 heteroatoms. The first-order chi connectivity index (χ1) is 13.1. The first-order valence-electron chi connectivity index (χ1n) is 9.58. The van der Waals surface area contributed by atoms with Crippen molar-refractivity contribution in [2.45, 2.75) is 39.3 Å². The Morgan fingerprint density at radius 1 is 1.22 bits per heavy atom. The summed E-state index contributed by atoms with van der Waals surface area (Å²) < 4.78 is 11.2. The highest BCUT2D eigenvalue weighted by molar-refractivity contribution is 5.89. The Bertz CT molecular complexity index is 826. The summed E-state index contributed by atoms with van der Waals surface area (Å²) in [7, 11) is 0. The van der Waals surface area contributed by atoms with Crippen molar-refractivity contribution in [1.29, 1.82) is 0 Å². The van der Waals surface area contributed by atoms with Crippen LogP contribution >= 0.6 is 0 Å². The molecule has 1 atom stereocenters. The van der Waals surface area contributed by atoms with Gasteiger partial charge in [0.1, 0.15) is 11.9 Å². The summed E-state index contributed by atoms with van der Waals surface area (Å²) in [5.74, 6) is 0.807. The molecule has 142 valence electrons. The molecular formula is C22H26N2O3. The van der Waals surface area contributed by atoms with Crippen LogP contribution < -0.4 is 10.1 Å². The van der Waals surface area contributed by atoms with Crippen LogP contribution in [0.4, 0.5) is 10.5 Å². The van der Waals surface area contributed by atoms with Gasteiger partial charge in [0, 0.05) is 25.2 Å². The highest BCUT2D eigenvalue weighted by Gasteiger charge is 2.22. The maximum atomic E-state index is 12.7. The fraction of sp³-hybridized carbons (Fsp3) is 0.409. The fourth-order valence-electron chi connectivity index (χ4n) is 3.85. The Balaban J connectivity index is 1.37. The molecule has 1 unspecified atom stereocenters. The minimum Gasteiger partial charge on any atom is -0.488 e. The van der Waals surface area contributed by atoms with Gasteiger partial charge in [0.25, 0.3) is 0 Å². The van der Waals surface area contributed by atoms with Crippen LogP contribution in [0.3, 0.4) is 0 Å². The number of ether oxygens (including phenoxy) is 2. The number of carbonyl (C=O) groups excluding carboxylic acids is 1. The molecule has 1 fully saturated rings. The van der Waals surface area contributed by atoms with Gasteiger partial charge in [-0.3, -0.25) is 0 Å². The predicted molar refractivity (Wildman–Crippen MR) is 105 cm³/mol.